The third-order valence-corrected chi connectivity index (χ3v) is 9.21. The van der Waals surface area contributed by atoms with Crippen LogP contribution < -0.4 is 5.43 Å². The van der Waals surface area contributed by atoms with Crippen molar-refractivity contribution in [3.63, 3.8) is 0 Å². The summed E-state index contributed by atoms with van der Waals surface area (Å²) < 4.78 is 8.59. The third kappa shape index (κ3) is 3.26. The molecule has 0 saturated carbocycles. The molecule has 0 atom stereocenters. The van der Waals surface area contributed by atoms with Gasteiger partial charge in [-0.15, -0.1) is 0 Å². The molecule has 5 aromatic carbocycles. The summed E-state index contributed by atoms with van der Waals surface area (Å²) >= 11 is 0. The van der Waals surface area contributed by atoms with Crippen molar-refractivity contribution >= 4 is 43.9 Å². The molecular weight excluding hydrogens is 528 g/mol. The van der Waals surface area contributed by atoms with Gasteiger partial charge in [-0.1, -0.05) is 92.7 Å². The molecule has 204 valence electrons. The highest BCUT2D eigenvalue weighted by molar-refractivity contribution is 6.09. The van der Waals surface area contributed by atoms with Crippen molar-refractivity contribution in [2.24, 2.45) is 0 Å². The standard InChI is InChI=1S/C39H26N2O2/c1-39(2)29-15-7-3-12-25(29)36-30(39)22-33-37(40-36)26-13-5-9-17-32(26)41(33)31-16-8-4-11-24(31)23-19-20-28-35(21-23)43-34-18-10-6-14-27(34)38(28)42/h3-22H,1-2H3. The first-order valence-electron chi connectivity index (χ1n) is 14.6. The number of nitrogens with zero attached hydrogens (tertiary/aromatic N) is 2. The monoisotopic (exact) mass is 554 g/mol. The number of rotatable bonds is 2. The topological polar surface area (TPSA) is 48.0 Å². The number of fused-ring (bicyclic) bond motifs is 8. The molecule has 3 heterocycles. The maximum atomic E-state index is 13.2. The van der Waals surface area contributed by atoms with Gasteiger partial charge >= 0.3 is 0 Å². The zero-order valence-electron chi connectivity index (χ0n) is 23.8. The van der Waals surface area contributed by atoms with Crippen LogP contribution in [-0.2, 0) is 5.41 Å². The van der Waals surface area contributed by atoms with Gasteiger partial charge in [0.05, 0.1) is 38.7 Å². The van der Waals surface area contributed by atoms with Gasteiger partial charge in [0.2, 0.25) is 5.43 Å². The molecule has 0 N–H and O–H groups in total. The molecule has 0 spiro atoms. The van der Waals surface area contributed by atoms with E-state index >= 15 is 0 Å². The van der Waals surface area contributed by atoms with Crippen molar-refractivity contribution in [3.8, 4) is 28.1 Å². The molecular formula is C39H26N2O2. The van der Waals surface area contributed by atoms with Crippen molar-refractivity contribution in [1.82, 2.24) is 9.55 Å². The minimum atomic E-state index is -0.160. The first-order valence-corrected chi connectivity index (χ1v) is 14.6. The van der Waals surface area contributed by atoms with Crippen LogP contribution in [0.4, 0.5) is 0 Å². The smallest absolute Gasteiger partial charge is 0.200 e. The fraction of sp³-hybridized carbons (Fsp3) is 0.0769. The van der Waals surface area contributed by atoms with Crippen LogP contribution in [0, 0.1) is 0 Å². The number of benzene rings is 5. The minimum absolute atomic E-state index is 0.0115. The first-order chi connectivity index (χ1) is 21.0. The Balaban J connectivity index is 1.33. The molecule has 0 fully saturated rings. The van der Waals surface area contributed by atoms with Crippen molar-refractivity contribution in [1.29, 1.82) is 0 Å². The van der Waals surface area contributed by atoms with E-state index in [0.29, 0.717) is 21.9 Å². The van der Waals surface area contributed by atoms with Gasteiger partial charge in [-0.3, -0.25) is 4.79 Å². The van der Waals surface area contributed by atoms with E-state index in [2.05, 4.69) is 97.3 Å². The molecule has 9 rings (SSSR count). The zero-order valence-corrected chi connectivity index (χ0v) is 23.8. The van der Waals surface area contributed by atoms with Gasteiger partial charge < -0.3 is 8.98 Å². The highest BCUT2D eigenvalue weighted by Crippen LogP contribution is 2.49. The maximum absolute atomic E-state index is 13.2. The van der Waals surface area contributed by atoms with E-state index in [1.165, 1.54) is 16.7 Å². The maximum Gasteiger partial charge on any atom is 0.200 e. The van der Waals surface area contributed by atoms with Crippen LogP contribution in [-0.4, -0.2) is 9.55 Å². The van der Waals surface area contributed by atoms with Crippen molar-refractivity contribution in [3.05, 3.63) is 143 Å². The normalized spacial score (nSPS) is 13.6. The Labute approximate surface area is 247 Å². The second kappa shape index (κ2) is 8.52. The fourth-order valence-electron chi connectivity index (χ4n) is 7.07. The summed E-state index contributed by atoms with van der Waals surface area (Å²) in [6.45, 7) is 4.58. The van der Waals surface area contributed by atoms with Gasteiger partial charge in [0.25, 0.3) is 0 Å². The number of pyridine rings is 1. The Kier molecular flexibility index (Phi) is 4.79. The van der Waals surface area contributed by atoms with Crippen molar-refractivity contribution in [2.75, 3.05) is 0 Å². The number of para-hydroxylation sites is 3. The van der Waals surface area contributed by atoms with E-state index in [4.69, 9.17) is 9.40 Å². The number of aromatic nitrogens is 2. The second-order valence-corrected chi connectivity index (χ2v) is 11.9. The highest BCUT2D eigenvalue weighted by atomic mass is 16.3. The fourth-order valence-corrected chi connectivity index (χ4v) is 7.07. The minimum Gasteiger partial charge on any atom is -0.456 e. The van der Waals surface area contributed by atoms with Crippen LogP contribution in [0.15, 0.2) is 131 Å². The lowest BCUT2D eigenvalue weighted by molar-refractivity contribution is 0.659. The van der Waals surface area contributed by atoms with E-state index < -0.39 is 0 Å². The summed E-state index contributed by atoms with van der Waals surface area (Å²) in [5.41, 5.74) is 12.1. The van der Waals surface area contributed by atoms with E-state index in [0.717, 1.165) is 44.4 Å². The molecule has 4 nitrogen and oxygen atoms in total. The van der Waals surface area contributed by atoms with E-state index in [9.17, 15) is 4.79 Å². The van der Waals surface area contributed by atoms with Crippen molar-refractivity contribution < 1.29 is 4.42 Å². The summed E-state index contributed by atoms with van der Waals surface area (Å²) in [6, 6.07) is 41.3. The molecule has 1 aliphatic carbocycles. The SMILES string of the molecule is CC1(C)c2ccccc2-c2nc3c4ccccc4n(-c4ccccc4-c4ccc5c(=O)c6ccccc6oc5c4)c3cc21. The predicted octanol–water partition coefficient (Wildman–Crippen LogP) is 9.41. The molecule has 0 amide bonds. The lowest BCUT2D eigenvalue weighted by atomic mass is 9.83. The van der Waals surface area contributed by atoms with E-state index in [1.807, 2.05) is 42.5 Å². The van der Waals surface area contributed by atoms with Gasteiger partial charge in [0.1, 0.15) is 11.2 Å². The van der Waals surface area contributed by atoms with E-state index in [-0.39, 0.29) is 10.8 Å². The second-order valence-electron chi connectivity index (χ2n) is 11.9. The molecule has 0 aliphatic heterocycles. The quantitative estimate of drug-likeness (QED) is 0.200. The van der Waals surface area contributed by atoms with Crippen LogP contribution in [0.5, 0.6) is 0 Å². The van der Waals surface area contributed by atoms with Crippen molar-refractivity contribution in [2.45, 2.75) is 19.3 Å². The van der Waals surface area contributed by atoms with Gasteiger partial charge in [-0.25, -0.2) is 4.98 Å². The summed E-state index contributed by atoms with van der Waals surface area (Å²) in [7, 11) is 0. The summed E-state index contributed by atoms with van der Waals surface area (Å²) in [5, 5.41) is 2.30. The molecule has 4 heteroatoms. The Hall–Kier alpha value is -5.48. The van der Waals surface area contributed by atoms with Crippen LogP contribution in [0.2, 0.25) is 0 Å². The Morgan fingerprint density at radius 2 is 1.33 bits per heavy atom. The average molecular weight is 555 g/mol. The molecule has 8 aromatic rings. The average Bonchev–Trinajstić information content (AvgIpc) is 3.48. The predicted molar refractivity (Wildman–Crippen MR) is 175 cm³/mol. The summed E-state index contributed by atoms with van der Waals surface area (Å²) in [6.07, 6.45) is 0. The Morgan fingerprint density at radius 1 is 0.628 bits per heavy atom. The van der Waals surface area contributed by atoms with E-state index in [1.54, 1.807) is 0 Å². The van der Waals surface area contributed by atoms with Crippen LogP contribution in [0.1, 0.15) is 25.0 Å². The van der Waals surface area contributed by atoms with Gasteiger partial charge in [0, 0.05) is 21.9 Å². The van der Waals surface area contributed by atoms with Gasteiger partial charge in [0.15, 0.2) is 0 Å². The zero-order chi connectivity index (χ0) is 28.9. The summed E-state index contributed by atoms with van der Waals surface area (Å²) in [4.78, 5) is 18.6. The first kappa shape index (κ1) is 24.2. The molecule has 0 bridgehead atoms. The molecule has 3 aromatic heterocycles. The lowest BCUT2D eigenvalue weighted by Crippen LogP contribution is -2.15. The Bertz CT molecular complexity index is 2510. The third-order valence-electron chi connectivity index (χ3n) is 9.21. The molecule has 43 heavy (non-hydrogen) atoms. The number of hydrogen-bond donors (Lipinski definition) is 0. The van der Waals surface area contributed by atoms with Crippen LogP contribution in [0.3, 0.4) is 0 Å². The lowest BCUT2D eigenvalue weighted by Gasteiger charge is -2.21. The van der Waals surface area contributed by atoms with Crippen LogP contribution in [0.25, 0.3) is 71.9 Å². The molecule has 1 aliphatic rings. The molecule has 0 saturated heterocycles. The summed E-state index contributed by atoms with van der Waals surface area (Å²) in [5.74, 6) is 0. The Morgan fingerprint density at radius 3 is 2.21 bits per heavy atom. The van der Waals surface area contributed by atoms with Crippen LogP contribution >= 0.6 is 0 Å². The molecule has 0 radical (unpaired) electrons. The van der Waals surface area contributed by atoms with Gasteiger partial charge in [-0.05, 0) is 59.2 Å². The highest BCUT2D eigenvalue weighted by Gasteiger charge is 2.37. The number of hydrogen-bond acceptors (Lipinski definition) is 3. The molecule has 0 unspecified atom stereocenters. The van der Waals surface area contributed by atoms with Gasteiger partial charge in [-0.2, -0.15) is 0 Å². The largest absolute Gasteiger partial charge is 0.456 e.